The number of nitrogens with one attached hydrogen (secondary N) is 2. The van der Waals surface area contributed by atoms with Gasteiger partial charge < -0.3 is 28.7 Å². The number of methoxy groups -OCH3 is 4. The number of hydrogen-bond acceptors (Lipinski definition) is 9. The summed E-state index contributed by atoms with van der Waals surface area (Å²) in [5.74, 6) is -1.27. The summed E-state index contributed by atoms with van der Waals surface area (Å²) in [6.07, 6.45) is 0. The molecule has 0 atom stereocenters. The number of furan rings is 1. The summed E-state index contributed by atoms with van der Waals surface area (Å²) in [6.45, 7) is 1.02. The van der Waals surface area contributed by atoms with Crippen molar-refractivity contribution in [3.63, 3.8) is 0 Å². The highest BCUT2D eigenvalue weighted by molar-refractivity contribution is 6.01. The largest absolute Gasteiger partial charge is 0.493 e. The van der Waals surface area contributed by atoms with Crippen LogP contribution in [0.3, 0.4) is 0 Å². The lowest BCUT2D eigenvalue weighted by molar-refractivity contribution is -0.115. The Bertz CT molecular complexity index is 1030. The number of anilines is 1. The molecule has 1 heterocycles. The monoisotopic (exact) mass is 431 g/mol. The quantitative estimate of drug-likeness (QED) is 0.595. The predicted octanol–water partition coefficient (Wildman–Crippen LogP) is 1.64. The van der Waals surface area contributed by atoms with Crippen LogP contribution in [-0.4, -0.2) is 52.8 Å². The topological polar surface area (TPSA) is 149 Å². The molecule has 0 fully saturated rings. The van der Waals surface area contributed by atoms with Crippen LogP contribution in [-0.2, 0) is 9.53 Å². The van der Waals surface area contributed by atoms with Crippen molar-refractivity contribution in [1.29, 1.82) is 5.26 Å². The van der Waals surface area contributed by atoms with Crippen LogP contribution in [0.5, 0.6) is 17.2 Å². The lowest BCUT2D eigenvalue weighted by Gasteiger charge is -2.14. The van der Waals surface area contributed by atoms with E-state index in [1.54, 1.807) is 6.07 Å². The van der Waals surface area contributed by atoms with Crippen LogP contribution >= 0.6 is 0 Å². The van der Waals surface area contributed by atoms with Crippen molar-refractivity contribution in [2.24, 2.45) is 0 Å². The molecule has 11 nitrogen and oxygen atoms in total. The highest BCUT2D eigenvalue weighted by Gasteiger charge is 2.25. The number of ether oxygens (including phenoxy) is 4. The molecule has 0 radical (unpaired) electrons. The zero-order valence-corrected chi connectivity index (χ0v) is 17.6. The summed E-state index contributed by atoms with van der Waals surface area (Å²) >= 11 is 0. The van der Waals surface area contributed by atoms with E-state index in [1.807, 2.05) is 0 Å². The minimum absolute atomic E-state index is 0.0817. The fraction of sp³-hybridized carbons (Fsp3) is 0.300. The van der Waals surface area contributed by atoms with Crippen molar-refractivity contribution >= 4 is 23.7 Å². The Morgan fingerprint density at radius 3 is 2.16 bits per heavy atom. The van der Waals surface area contributed by atoms with Crippen molar-refractivity contribution in [3.05, 3.63) is 34.6 Å². The van der Waals surface area contributed by atoms with Crippen LogP contribution in [0.1, 0.15) is 32.0 Å². The molecule has 164 valence electrons. The molecule has 2 aromatic rings. The Morgan fingerprint density at radius 2 is 1.68 bits per heavy atom. The second-order valence-corrected chi connectivity index (χ2v) is 5.99. The number of esters is 1. The summed E-state index contributed by atoms with van der Waals surface area (Å²) in [5, 5.41) is 14.1. The highest BCUT2D eigenvalue weighted by atomic mass is 16.5. The maximum absolute atomic E-state index is 12.5. The molecule has 1 aromatic carbocycles. The number of hydrogen-bond donors (Lipinski definition) is 2. The summed E-state index contributed by atoms with van der Waals surface area (Å²) in [7, 11) is 5.41. The first-order valence-electron chi connectivity index (χ1n) is 8.81. The van der Waals surface area contributed by atoms with E-state index >= 15 is 0 Å². The maximum atomic E-state index is 12.5. The zero-order valence-electron chi connectivity index (χ0n) is 17.6. The van der Waals surface area contributed by atoms with Crippen LogP contribution in [0.4, 0.5) is 5.88 Å². The summed E-state index contributed by atoms with van der Waals surface area (Å²) in [4.78, 5) is 36.5. The van der Waals surface area contributed by atoms with Crippen LogP contribution in [0.25, 0.3) is 0 Å². The van der Waals surface area contributed by atoms with Gasteiger partial charge in [-0.2, -0.15) is 5.26 Å². The minimum atomic E-state index is -0.769. The first kappa shape index (κ1) is 23.1. The normalized spacial score (nSPS) is 9.94. The van der Waals surface area contributed by atoms with Gasteiger partial charge in [0, 0.05) is 5.56 Å². The van der Waals surface area contributed by atoms with Gasteiger partial charge in [-0.25, -0.2) is 4.79 Å². The molecule has 0 aliphatic rings. The summed E-state index contributed by atoms with van der Waals surface area (Å²) < 4.78 is 25.5. The summed E-state index contributed by atoms with van der Waals surface area (Å²) in [5.41, 5.74) is -0.0859. The second kappa shape index (κ2) is 10.0. The molecule has 0 spiro atoms. The van der Waals surface area contributed by atoms with Gasteiger partial charge in [-0.1, -0.05) is 0 Å². The molecule has 31 heavy (non-hydrogen) atoms. The van der Waals surface area contributed by atoms with Crippen molar-refractivity contribution in [2.45, 2.75) is 6.92 Å². The Morgan fingerprint density at radius 1 is 1.06 bits per heavy atom. The highest BCUT2D eigenvalue weighted by Crippen LogP contribution is 2.38. The number of benzene rings is 1. The second-order valence-electron chi connectivity index (χ2n) is 5.99. The van der Waals surface area contributed by atoms with Gasteiger partial charge >= 0.3 is 5.97 Å². The van der Waals surface area contributed by atoms with Gasteiger partial charge in [0.15, 0.2) is 11.5 Å². The standard InChI is InChI=1S/C20H21N3O8/c1-10-16(20(26)30-5)12(8-21)19(31-10)23-15(24)9-22-18(25)11-6-13(27-2)17(29-4)14(7-11)28-3/h6-7H,9H2,1-5H3,(H,22,25)(H,23,24). The molecule has 1 aromatic heterocycles. The van der Waals surface area contributed by atoms with Gasteiger partial charge in [0.1, 0.15) is 23.0 Å². The van der Waals surface area contributed by atoms with Gasteiger partial charge in [0.2, 0.25) is 17.5 Å². The van der Waals surface area contributed by atoms with Crippen LogP contribution in [0.15, 0.2) is 16.5 Å². The summed E-state index contributed by atoms with van der Waals surface area (Å²) in [6, 6.07) is 4.66. The third-order valence-electron chi connectivity index (χ3n) is 4.17. The van der Waals surface area contributed by atoms with Crippen molar-refractivity contribution < 1.29 is 37.7 Å². The van der Waals surface area contributed by atoms with Crippen LogP contribution in [0, 0.1) is 18.3 Å². The Kier molecular flexibility index (Phi) is 7.46. The van der Waals surface area contributed by atoms with Crippen molar-refractivity contribution in [2.75, 3.05) is 40.3 Å². The number of rotatable bonds is 8. The third kappa shape index (κ3) is 4.87. The molecular weight excluding hydrogens is 410 g/mol. The number of carbonyl (C=O) groups excluding carboxylic acids is 3. The van der Waals surface area contributed by atoms with Crippen LogP contribution < -0.4 is 24.8 Å². The molecule has 0 aliphatic heterocycles. The molecule has 11 heteroatoms. The van der Waals surface area contributed by atoms with Crippen LogP contribution in [0.2, 0.25) is 0 Å². The first-order valence-corrected chi connectivity index (χ1v) is 8.81. The zero-order chi connectivity index (χ0) is 23.1. The van der Waals surface area contributed by atoms with E-state index in [2.05, 4.69) is 15.4 Å². The van der Waals surface area contributed by atoms with Gasteiger partial charge in [-0.05, 0) is 19.1 Å². The Hall–Kier alpha value is -4.20. The lowest BCUT2D eigenvalue weighted by atomic mass is 10.1. The fourth-order valence-corrected chi connectivity index (χ4v) is 2.73. The smallest absolute Gasteiger partial charge is 0.342 e. The third-order valence-corrected chi connectivity index (χ3v) is 4.17. The lowest BCUT2D eigenvalue weighted by Crippen LogP contribution is -2.33. The molecule has 0 saturated heterocycles. The van der Waals surface area contributed by atoms with E-state index in [0.29, 0.717) is 5.75 Å². The van der Waals surface area contributed by atoms with Gasteiger partial charge in [-0.3, -0.25) is 14.9 Å². The molecule has 0 aliphatic carbocycles. The van der Waals surface area contributed by atoms with Crippen molar-refractivity contribution in [3.8, 4) is 23.3 Å². The Balaban J connectivity index is 2.13. The average molecular weight is 431 g/mol. The van der Waals surface area contributed by atoms with E-state index in [-0.39, 0.29) is 39.8 Å². The fourth-order valence-electron chi connectivity index (χ4n) is 2.73. The Labute approximate surface area is 177 Å². The maximum Gasteiger partial charge on any atom is 0.342 e. The number of nitriles is 1. The molecule has 2 rings (SSSR count). The molecule has 0 bridgehead atoms. The van der Waals surface area contributed by atoms with Crippen molar-refractivity contribution in [1.82, 2.24) is 5.32 Å². The van der Waals surface area contributed by atoms with E-state index in [4.69, 9.17) is 18.6 Å². The van der Waals surface area contributed by atoms with Gasteiger partial charge in [0.25, 0.3) is 5.91 Å². The predicted molar refractivity (Wildman–Crippen MR) is 107 cm³/mol. The first-order chi connectivity index (χ1) is 14.8. The molecule has 2 N–H and O–H groups in total. The van der Waals surface area contributed by atoms with E-state index < -0.39 is 24.3 Å². The van der Waals surface area contributed by atoms with E-state index in [1.165, 1.54) is 40.4 Å². The molecular formula is C20H21N3O8. The average Bonchev–Trinajstić information content (AvgIpc) is 3.09. The number of aryl methyl sites for hydroxylation is 1. The van der Waals surface area contributed by atoms with E-state index in [0.717, 1.165) is 7.11 Å². The van der Waals surface area contributed by atoms with E-state index in [9.17, 15) is 19.6 Å². The van der Waals surface area contributed by atoms with Gasteiger partial charge in [0.05, 0.1) is 35.0 Å². The minimum Gasteiger partial charge on any atom is -0.493 e. The molecule has 0 unspecified atom stereocenters. The number of carbonyl (C=O) groups is 3. The van der Waals surface area contributed by atoms with Gasteiger partial charge in [-0.15, -0.1) is 0 Å². The number of nitrogens with zero attached hydrogens (tertiary/aromatic N) is 1. The number of amides is 2. The molecule has 2 amide bonds. The SMILES string of the molecule is COC(=O)c1c(C)oc(NC(=O)CNC(=O)c2cc(OC)c(OC)c(OC)c2)c1C#N. The molecule has 0 saturated carbocycles.